The monoisotopic (exact) mass is 769 g/mol. The topological polar surface area (TPSA) is 149 Å². The van der Waals surface area contributed by atoms with Crippen molar-refractivity contribution in [2.24, 2.45) is 16.7 Å². The third kappa shape index (κ3) is 10.8. The normalized spacial score (nSPS) is 19.2. The van der Waals surface area contributed by atoms with Gasteiger partial charge in [-0.1, -0.05) is 26.0 Å². The van der Waals surface area contributed by atoms with Crippen LogP contribution in [0.5, 0.6) is 11.5 Å². The number of anilines is 1. The maximum Gasteiger partial charge on any atom is 0.514 e. The molecule has 0 radical (unpaired) electrons. The molecule has 53 heavy (non-hydrogen) atoms. The van der Waals surface area contributed by atoms with E-state index in [1.54, 1.807) is 53.7 Å². The van der Waals surface area contributed by atoms with Gasteiger partial charge in [-0.25, -0.2) is 18.0 Å². The summed E-state index contributed by atoms with van der Waals surface area (Å²) in [4.78, 5) is 41.3. The Kier molecular flexibility index (Phi) is 12.4. The number of carbonyl (C=O) groups is 3. The van der Waals surface area contributed by atoms with Crippen molar-refractivity contribution in [3.05, 3.63) is 72.8 Å². The van der Waals surface area contributed by atoms with Crippen LogP contribution in [-0.4, -0.2) is 62.1 Å². The molecule has 0 N–H and O–H groups in total. The molecule has 2 atom stereocenters. The lowest BCUT2D eigenvalue weighted by atomic mass is 9.70. The second-order valence-corrected chi connectivity index (χ2v) is 19.6. The number of hydrogen-bond donors (Lipinski definition) is 0. The standard InChI is InChI=1S/C30H36NO6S.C10H16O4S/c1-29(2,3)36-27(32)34-22-11-9-13-25(19-22)38(24-17-15-21(16-18-24)31(7)8)26-14-10-12-23(20-26)35-28(33)37-30(4,5)6;1-9(2)7-3-4-10(9,8(11)5-7)6-15(12,13)14/h9-20H,1-8H3;7H,3-6H2,1-2H3,(H,12,13,14)/q+1;/p-1. The Morgan fingerprint density at radius 2 is 1.28 bits per heavy atom. The summed E-state index contributed by atoms with van der Waals surface area (Å²) in [6.07, 6.45) is 0.345. The minimum atomic E-state index is -4.33. The molecule has 0 aliphatic heterocycles. The Labute approximate surface area is 316 Å². The molecule has 5 rings (SSSR count). The van der Waals surface area contributed by atoms with Gasteiger partial charge in [-0.2, -0.15) is 0 Å². The molecule has 288 valence electrons. The van der Waals surface area contributed by atoms with Crippen LogP contribution in [0.4, 0.5) is 15.3 Å². The Morgan fingerprint density at radius 1 is 0.811 bits per heavy atom. The van der Waals surface area contributed by atoms with Crippen LogP contribution >= 0.6 is 0 Å². The summed E-state index contributed by atoms with van der Waals surface area (Å²) in [5.41, 5.74) is -1.48. The highest BCUT2D eigenvalue weighted by Crippen LogP contribution is 2.64. The quantitative estimate of drug-likeness (QED) is 0.0941. The highest BCUT2D eigenvalue weighted by molar-refractivity contribution is 7.97. The molecule has 2 fully saturated rings. The number of rotatable bonds is 8. The average molecular weight is 770 g/mol. The van der Waals surface area contributed by atoms with Crippen LogP contribution < -0.4 is 14.4 Å². The summed E-state index contributed by atoms with van der Waals surface area (Å²) in [6.45, 7) is 14.5. The molecule has 0 amide bonds. The van der Waals surface area contributed by atoms with E-state index in [1.165, 1.54) is 0 Å². The first-order chi connectivity index (χ1) is 24.4. The van der Waals surface area contributed by atoms with Crippen molar-refractivity contribution in [3.63, 3.8) is 0 Å². The first-order valence-corrected chi connectivity index (χ1v) is 20.2. The van der Waals surface area contributed by atoms with Gasteiger partial charge < -0.3 is 28.4 Å². The zero-order valence-electron chi connectivity index (χ0n) is 32.2. The lowest BCUT2D eigenvalue weighted by molar-refractivity contribution is -0.128. The van der Waals surface area contributed by atoms with Gasteiger partial charge in [0.25, 0.3) is 0 Å². The van der Waals surface area contributed by atoms with Crippen LogP contribution in [0.2, 0.25) is 0 Å². The predicted molar refractivity (Wildman–Crippen MR) is 203 cm³/mol. The fourth-order valence-corrected chi connectivity index (χ4v) is 10.2. The molecular weight excluding hydrogens is 719 g/mol. The third-order valence-electron chi connectivity index (χ3n) is 9.41. The van der Waals surface area contributed by atoms with Crippen LogP contribution in [0.1, 0.15) is 74.7 Å². The maximum atomic E-state index is 12.3. The van der Waals surface area contributed by atoms with Crippen LogP contribution in [0.25, 0.3) is 0 Å². The first kappa shape index (κ1) is 41.7. The second kappa shape index (κ2) is 15.7. The molecule has 0 saturated heterocycles. The molecular formula is C40H51NO10S2. The van der Waals surface area contributed by atoms with Crippen molar-refractivity contribution in [1.82, 2.24) is 0 Å². The summed E-state index contributed by atoms with van der Waals surface area (Å²) in [6, 6.07) is 23.0. The third-order valence-corrected chi connectivity index (χ3v) is 12.5. The molecule has 2 aliphatic carbocycles. The van der Waals surface area contributed by atoms with Gasteiger partial charge in [0.05, 0.1) is 26.8 Å². The number of benzene rings is 3. The highest BCUT2D eigenvalue weighted by atomic mass is 32.2. The Hall–Kier alpha value is -4.07. The summed E-state index contributed by atoms with van der Waals surface area (Å²) in [5, 5.41) is 0. The molecule has 3 aromatic rings. The molecule has 0 aromatic heterocycles. The molecule has 2 aliphatic rings. The minimum Gasteiger partial charge on any atom is -0.748 e. The fourth-order valence-electron chi connectivity index (χ4n) is 6.76. The van der Waals surface area contributed by atoms with E-state index in [4.69, 9.17) is 18.9 Å². The van der Waals surface area contributed by atoms with E-state index < -0.39 is 55.7 Å². The Morgan fingerprint density at radius 3 is 1.64 bits per heavy atom. The number of Topliss-reactive ketones (excluding diaryl/α,β-unsaturated/α-hetero) is 1. The minimum absolute atomic E-state index is 0.0248. The largest absolute Gasteiger partial charge is 0.748 e. The van der Waals surface area contributed by atoms with Crippen molar-refractivity contribution >= 4 is 44.8 Å². The number of carbonyl (C=O) groups excluding carboxylic acids is 3. The fraction of sp³-hybridized carbons (Fsp3) is 0.475. The number of fused-ring (bicyclic) bond motifs is 2. The second-order valence-electron chi connectivity index (χ2n) is 16.1. The summed E-state index contributed by atoms with van der Waals surface area (Å²) in [7, 11) is -0.954. The summed E-state index contributed by atoms with van der Waals surface area (Å²) >= 11 is 0. The molecule has 2 saturated carbocycles. The van der Waals surface area contributed by atoms with E-state index in [0.29, 0.717) is 24.3 Å². The van der Waals surface area contributed by atoms with Crippen molar-refractivity contribution < 1.29 is 46.3 Å². The van der Waals surface area contributed by atoms with Crippen molar-refractivity contribution in [2.45, 2.75) is 101 Å². The lowest BCUT2D eigenvalue weighted by Gasteiger charge is -2.37. The zero-order valence-corrected chi connectivity index (χ0v) is 33.8. The molecule has 0 heterocycles. The van der Waals surface area contributed by atoms with Crippen LogP contribution in [-0.2, 0) is 35.3 Å². The lowest BCUT2D eigenvalue weighted by Crippen LogP contribution is -2.42. The van der Waals surface area contributed by atoms with E-state index in [2.05, 4.69) is 24.3 Å². The predicted octanol–water partition coefficient (Wildman–Crippen LogP) is 8.40. The van der Waals surface area contributed by atoms with E-state index in [1.807, 2.05) is 69.2 Å². The van der Waals surface area contributed by atoms with Crippen LogP contribution in [0, 0.1) is 16.7 Å². The Balaban J connectivity index is 0.000000346. The number of ketones is 1. The van der Waals surface area contributed by atoms with E-state index in [9.17, 15) is 27.4 Å². The van der Waals surface area contributed by atoms with Gasteiger partial charge in [0.1, 0.15) is 28.5 Å². The summed E-state index contributed by atoms with van der Waals surface area (Å²) in [5.74, 6) is 0.470. The number of hydrogen-bond acceptors (Lipinski definition) is 11. The Bertz CT molecular complexity index is 1840. The number of ether oxygens (including phenoxy) is 4. The van der Waals surface area contributed by atoms with Crippen molar-refractivity contribution in [1.29, 1.82) is 0 Å². The maximum absolute atomic E-state index is 12.3. The summed E-state index contributed by atoms with van der Waals surface area (Å²) < 4.78 is 54.3. The van der Waals surface area contributed by atoms with Gasteiger partial charge in [0.2, 0.25) is 0 Å². The van der Waals surface area contributed by atoms with E-state index in [-0.39, 0.29) is 17.1 Å². The molecule has 0 spiro atoms. The van der Waals surface area contributed by atoms with Gasteiger partial charge in [0.15, 0.2) is 14.7 Å². The van der Waals surface area contributed by atoms with Crippen LogP contribution in [0.3, 0.4) is 0 Å². The van der Waals surface area contributed by atoms with Gasteiger partial charge in [-0.05, 0) is 114 Å². The van der Waals surface area contributed by atoms with Crippen molar-refractivity contribution in [3.8, 4) is 11.5 Å². The SMILES string of the molecule is CC1(C)C2CCC1(CS(=O)(=O)[O-])C(=O)C2.CN(C)c1ccc([S+](c2cccc(OC(=O)OC(C)(C)C)c2)c2cccc(OC(=O)OC(C)(C)C)c2)cc1. The zero-order chi connectivity index (χ0) is 39.6. The molecule has 2 bridgehead atoms. The smallest absolute Gasteiger partial charge is 0.514 e. The van der Waals surface area contributed by atoms with Gasteiger partial charge in [-0.3, -0.25) is 4.79 Å². The van der Waals surface area contributed by atoms with Gasteiger partial charge >= 0.3 is 12.3 Å². The van der Waals surface area contributed by atoms with Gasteiger partial charge in [0, 0.05) is 43.8 Å². The highest BCUT2D eigenvalue weighted by Gasteiger charge is 2.64. The van der Waals surface area contributed by atoms with Crippen molar-refractivity contribution in [2.75, 3.05) is 24.7 Å². The number of nitrogens with zero attached hydrogens (tertiary/aromatic N) is 1. The van der Waals surface area contributed by atoms with Gasteiger partial charge in [-0.15, -0.1) is 0 Å². The van der Waals surface area contributed by atoms with E-state index in [0.717, 1.165) is 26.8 Å². The molecule has 2 unspecified atom stereocenters. The molecule has 11 nitrogen and oxygen atoms in total. The van der Waals surface area contributed by atoms with E-state index >= 15 is 0 Å². The molecule has 13 heteroatoms. The van der Waals surface area contributed by atoms with Crippen LogP contribution in [0.15, 0.2) is 87.5 Å². The first-order valence-electron chi connectivity index (χ1n) is 17.4. The average Bonchev–Trinajstić information content (AvgIpc) is 3.34. The molecule has 3 aromatic carbocycles.